The lowest BCUT2D eigenvalue weighted by molar-refractivity contribution is 0.111. The van der Waals surface area contributed by atoms with Gasteiger partial charge in [-0.05, 0) is 63.8 Å². The van der Waals surface area contributed by atoms with Crippen LogP contribution in [0.3, 0.4) is 0 Å². The van der Waals surface area contributed by atoms with Crippen molar-refractivity contribution in [2.24, 2.45) is 17.1 Å². The zero-order chi connectivity index (χ0) is 14.5. The van der Waals surface area contributed by atoms with Gasteiger partial charge in [0.05, 0.1) is 0 Å². The zero-order valence-electron chi connectivity index (χ0n) is 13.8. The third-order valence-electron chi connectivity index (χ3n) is 4.41. The number of piperidine rings is 1. The summed E-state index contributed by atoms with van der Waals surface area (Å²) < 4.78 is 0. The maximum Gasteiger partial charge on any atom is 0.0117 e. The molecule has 1 unspecified atom stereocenters. The maximum absolute atomic E-state index is 5.97. The molecule has 1 atom stereocenters. The molecule has 0 aromatic carbocycles. The Morgan fingerprint density at radius 2 is 1.84 bits per heavy atom. The summed E-state index contributed by atoms with van der Waals surface area (Å²) in [5.74, 6) is 0.634. The van der Waals surface area contributed by atoms with Crippen molar-refractivity contribution in [2.45, 2.75) is 53.0 Å². The summed E-state index contributed by atoms with van der Waals surface area (Å²) in [6.45, 7) is 14.9. The molecule has 19 heavy (non-hydrogen) atoms. The van der Waals surface area contributed by atoms with E-state index in [0.29, 0.717) is 11.3 Å². The van der Waals surface area contributed by atoms with E-state index in [1.54, 1.807) is 0 Å². The zero-order valence-corrected chi connectivity index (χ0v) is 13.8. The van der Waals surface area contributed by atoms with Gasteiger partial charge in [-0.25, -0.2) is 0 Å². The van der Waals surface area contributed by atoms with Gasteiger partial charge in [0.2, 0.25) is 0 Å². The normalized spacial score (nSPS) is 21.0. The lowest BCUT2D eigenvalue weighted by Gasteiger charge is -2.38. The first kappa shape index (κ1) is 16.9. The molecule has 0 bridgehead atoms. The molecule has 0 aromatic rings. The predicted octanol–water partition coefficient (Wildman–Crippen LogP) is 2.41. The van der Waals surface area contributed by atoms with E-state index in [-0.39, 0.29) is 0 Å². The Hall–Kier alpha value is -0.120. The molecule has 0 aliphatic carbocycles. The highest BCUT2D eigenvalue weighted by molar-refractivity contribution is 4.80. The summed E-state index contributed by atoms with van der Waals surface area (Å²) >= 11 is 0. The molecule has 1 heterocycles. The van der Waals surface area contributed by atoms with E-state index < -0.39 is 0 Å². The molecule has 3 nitrogen and oxygen atoms in total. The van der Waals surface area contributed by atoms with Gasteiger partial charge >= 0.3 is 0 Å². The SMILES string of the molecule is CCN1CCC(N(C)CC(CN)CC(C)(C)C)CC1. The molecule has 2 N–H and O–H groups in total. The molecular weight excluding hydrogens is 234 g/mol. The van der Waals surface area contributed by atoms with Crippen LogP contribution in [0.15, 0.2) is 0 Å². The van der Waals surface area contributed by atoms with Crippen molar-refractivity contribution >= 4 is 0 Å². The average molecular weight is 269 g/mol. The summed E-state index contributed by atoms with van der Waals surface area (Å²) in [7, 11) is 2.29. The predicted molar refractivity (Wildman–Crippen MR) is 84.4 cm³/mol. The van der Waals surface area contributed by atoms with Crippen molar-refractivity contribution < 1.29 is 0 Å². The van der Waals surface area contributed by atoms with Gasteiger partial charge in [0, 0.05) is 12.6 Å². The molecule has 0 radical (unpaired) electrons. The second kappa shape index (κ2) is 7.61. The summed E-state index contributed by atoms with van der Waals surface area (Å²) in [4.78, 5) is 5.12. The highest BCUT2D eigenvalue weighted by Gasteiger charge is 2.25. The van der Waals surface area contributed by atoms with Crippen molar-refractivity contribution in [1.29, 1.82) is 0 Å². The van der Waals surface area contributed by atoms with Gasteiger partial charge in [0.15, 0.2) is 0 Å². The second-order valence-electron chi connectivity index (χ2n) is 7.47. The fraction of sp³-hybridized carbons (Fsp3) is 1.00. The van der Waals surface area contributed by atoms with Crippen molar-refractivity contribution in [3.05, 3.63) is 0 Å². The van der Waals surface area contributed by atoms with Gasteiger partial charge in [-0.2, -0.15) is 0 Å². The highest BCUT2D eigenvalue weighted by Crippen LogP contribution is 2.25. The standard InChI is InChI=1S/C16H35N3/c1-6-19-9-7-15(8-10-19)18(5)13-14(12-17)11-16(2,3)4/h14-15H,6-13,17H2,1-5H3. The van der Waals surface area contributed by atoms with Crippen LogP contribution in [0.4, 0.5) is 0 Å². The monoisotopic (exact) mass is 269 g/mol. The molecule has 1 saturated heterocycles. The van der Waals surface area contributed by atoms with Crippen LogP contribution in [-0.4, -0.2) is 55.6 Å². The molecule has 0 spiro atoms. The summed E-state index contributed by atoms with van der Waals surface area (Å²) in [6.07, 6.45) is 3.86. The molecule has 3 heteroatoms. The van der Waals surface area contributed by atoms with Crippen LogP contribution in [0, 0.1) is 11.3 Å². The minimum absolute atomic E-state index is 0.385. The molecule has 0 aromatic heterocycles. The van der Waals surface area contributed by atoms with E-state index in [2.05, 4.69) is 44.5 Å². The minimum atomic E-state index is 0.385. The number of rotatable bonds is 6. The van der Waals surface area contributed by atoms with Gasteiger partial charge in [-0.1, -0.05) is 27.7 Å². The third-order valence-corrected chi connectivity index (χ3v) is 4.41. The fourth-order valence-electron chi connectivity index (χ4n) is 3.32. The maximum atomic E-state index is 5.97. The number of hydrogen-bond donors (Lipinski definition) is 1. The molecule has 0 saturated carbocycles. The Morgan fingerprint density at radius 3 is 2.26 bits per heavy atom. The molecule has 1 aliphatic heterocycles. The van der Waals surface area contributed by atoms with Gasteiger partial charge in [-0.15, -0.1) is 0 Å². The van der Waals surface area contributed by atoms with E-state index in [1.165, 1.54) is 38.9 Å². The smallest absolute Gasteiger partial charge is 0.0117 e. The Bertz CT molecular complexity index is 239. The molecule has 1 rings (SSSR count). The fourth-order valence-corrected chi connectivity index (χ4v) is 3.32. The van der Waals surface area contributed by atoms with Crippen molar-refractivity contribution in [3.63, 3.8) is 0 Å². The van der Waals surface area contributed by atoms with Gasteiger partial charge in [0.1, 0.15) is 0 Å². The first-order chi connectivity index (χ1) is 8.85. The van der Waals surface area contributed by atoms with Crippen LogP contribution in [0.25, 0.3) is 0 Å². The number of likely N-dealkylation sites (tertiary alicyclic amines) is 1. The Labute approximate surface area is 120 Å². The van der Waals surface area contributed by atoms with Crippen LogP contribution in [0.5, 0.6) is 0 Å². The topological polar surface area (TPSA) is 32.5 Å². The largest absolute Gasteiger partial charge is 0.330 e. The number of nitrogens with two attached hydrogens (primary N) is 1. The summed E-state index contributed by atoms with van der Waals surface area (Å²) in [5, 5.41) is 0. The van der Waals surface area contributed by atoms with E-state index in [9.17, 15) is 0 Å². The first-order valence-corrected chi connectivity index (χ1v) is 7.98. The van der Waals surface area contributed by atoms with E-state index in [4.69, 9.17) is 5.73 Å². The van der Waals surface area contributed by atoms with Crippen molar-refractivity contribution in [1.82, 2.24) is 9.80 Å². The lowest BCUT2D eigenvalue weighted by Crippen LogP contribution is -2.45. The summed E-state index contributed by atoms with van der Waals surface area (Å²) in [6, 6.07) is 0.761. The highest BCUT2D eigenvalue weighted by atomic mass is 15.2. The molecular formula is C16H35N3. The quantitative estimate of drug-likeness (QED) is 0.804. The third kappa shape index (κ3) is 6.24. The lowest BCUT2D eigenvalue weighted by atomic mass is 9.84. The Morgan fingerprint density at radius 1 is 1.26 bits per heavy atom. The van der Waals surface area contributed by atoms with Crippen LogP contribution >= 0.6 is 0 Å². The van der Waals surface area contributed by atoms with Crippen molar-refractivity contribution in [3.8, 4) is 0 Å². The van der Waals surface area contributed by atoms with Crippen LogP contribution in [0.2, 0.25) is 0 Å². The Balaban J connectivity index is 2.38. The van der Waals surface area contributed by atoms with Crippen molar-refractivity contribution in [2.75, 3.05) is 39.8 Å². The van der Waals surface area contributed by atoms with Gasteiger partial charge in [0.25, 0.3) is 0 Å². The van der Waals surface area contributed by atoms with Gasteiger partial charge in [-0.3, -0.25) is 0 Å². The first-order valence-electron chi connectivity index (χ1n) is 7.98. The second-order valence-corrected chi connectivity index (χ2v) is 7.47. The van der Waals surface area contributed by atoms with Crippen LogP contribution in [0.1, 0.15) is 47.0 Å². The number of hydrogen-bond acceptors (Lipinski definition) is 3. The molecule has 1 aliphatic rings. The molecule has 1 fully saturated rings. The molecule has 0 amide bonds. The van der Waals surface area contributed by atoms with E-state index in [1.807, 2.05) is 0 Å². The molecule has 114 valence electrons. The van der Waals surface area contributed by atoms with E-state index in [0.717, 1.165) is 19.1 Å². The van der Waals surface area contributed by atoms with E-state index >= 15 is 0 Å². The van der Waals surface area contributed by atoms with Crippen LogP contribution in [-0.2, 0) is 0 Å². The van der Waals surface area contributed by atoms with Crippen LogP contribution < -0.4 is 5.73 Å². The number of nitrogens with zero attached hydrogens (tertiary/aromatic N) is 2. The van der Waals surface area contributed by atoms with Gasteiger partial charge < -0.3 is 15.5 Å². The summed E-state index contributed by atoms with van der Waals surface area (Å²) in [5.41, 5.74) is 6.35. The minimum Gasteiger partial charge on any atom is -0.330 e. The average Bonchev–Trinajstić information content (AvgIpc) is 2.36. The Kier molecular flexibility index (Phi) is 6.78.